The summed E-state index contributed by atoms with van der Waals surface area (Å²) in [5, 5.41) is 14.7. The second-order valence-corrected chi connectivity index (χ2v) is 5.50. The zero-order valence-electron chi connectivity index (χ0n) is 12.3. The number of nitro benzene ring substituents is 1. The summed E-state index contributed by atoms with van der Waals surface area (Å²) >= 11 is 1.24. The number of carbonyl (C=O) groups excluding carboxylic acids is 3. The fraction of sp³-hybridized carbons (Fsp3) is 0.133. The van der Waals surface area contributed by atoms with Gasteiger partial charge in [0.15, 0.2) is 6.61 Å². The van der Waals surface area contributed by atoms with Crippen molar-refractivity contribution in [2.45, 2.75) is 0 Å². The van der Waals surface area contributed by atoms with Gasteiger partial charge in [0, 0.05) is 17.7 Å². The number of rotatable bonds is 7. The van der Waals surface area contributed by atoms with Crippen LogP contribution in [0.2, 0.25) is 0 Å². The molecule has 1 aromatic heterocycles. The summed E-state index contributed by atoms with van der Waals surface area (Å²) in [5.74, 6) is -1.76. The Labute approximate surface area is 140 Å². The average molecular weight is 348 g/mol. The van der Waals surface area contributed by atoms with Crippen LogP contribution in [0.1, 0.15) is 20.0 Å². The first-order valence-corrected chi connectivity index (χ1v) is 7.60. The van der Waals surface area contributed by atoms with E-state index in [1.165, 1.54) is 29.5 Å². The van der Waals surface area contributed by atoms with Crippen LogP contribution in [0, 0.1) is 10.1 Å². The molecule has 0 spiro atoms. The van der Waals surface area contributed by atoms with E-state index < -0.39 is 30.0 Å². The van der Waals surface area contributed by atoms with Crippen molar-refractivity contribution in [3.05, 3.63) is 62.3 Å². The van der Waals surface area contributed by atoms with Crippen molar-refractivity contribution in [1.82, 2.24) is 5.32 Å². The molecule has 1 amide bonds. The van der Waals surface area contributed by atoms with Crippen molar-refractivity contribution >= 4 is 34.7 Å². The molecule has 1 aromatic carbocycles. The number of benzene rings is 1. The summed E-state index contributed by atoms with van der Waals surface area (Å²) in [4.78, 5) is 45.5. The highest BCUT2D eigenvalue weighted by atomic mass is 32.1. The molecule has 0 bridgehead atoms. The number of thiophene rings is 1. The molecule has 0 radical (unpaired) electrons. The van der Waals surface area contributed by atoms with Gasteiger partial charge in [-0.05, 0) is 17.5 Å². The predicted molar refractivity (Wildman–Crippen MR) is 85.0 cm³/mol. The van der Waals surface area contributed by atoms with Crippen LogP contribution in [0.4, 0.5) is 5.69 Å². The molecule has 0 aliphatic rings. The van der Waals surface area contributed by atoms with E-state index in [1.54, 1.807) is 17.5 Å². The molecule has 2 rings (SSSR count). The maximum absolute atomic E-state index is 11.8. The monoisotopic (exact) mass is 348 g/mol. The number of nitro groups is 1. The number of nitrogens with one attached hydrogen (secondary N) is 1. The molecule has 124 valence electrons. The third-order valence-electron chi connectivity index (χ3n) is 2.87. The first-order chi connectivity index (χ1) is 11.5. The second-order valence-electron chi connectivity index (χ2n) is 4.55. The Balaban J connectivity index is 1.81. The lowest BCUT2D eigenvalue weighted by Crippen LogP contribution is -2.31. The molecule has 1 heterocycles. The Morgan fingerprint density at radius 3 is 2.67 bits per heavy atom. The van der Waals surface area contributed by atoms with Crippen molar-refractivity contribution in [2.24, 2.45) is 0 Å². The highest BCUT2D eigenvalue weighted by molar-refractivity contribution is 7.12. The molecule has 0 saturated heterocycles. The molecule has 0 saturated carbocycles. The van der Waals surface area contributed by atoms with E-state index in [9.17, 15) is 24.5 Å². The Kier molecular flexibility index (Phi) is 5.74. The summed E-state index contributed by atoms with van der Waals surface area (Å²) in [6.45, 7) is -0.856. The van der Waals surface area contributed by atoms with Crippen LogP contribution < -0.4 is 5.32 Å². The van der Waals surface area contributed by atoms with Gasteiger partial charge < -0.3 is 10.1 Å². The second kappa shape index (κ2) is 7.97. The Morgan fingerprint density at radius 2 is 2.00 bits per heavy atom. The number of nitrogens with zero attached hydrogens (tertiary/aromatic N) is 1. The lowest BCUT2D eigenvalue weighted by molar-refractivity contribution is -0.384. The summed E-state index contributed by atoms with van der Waals surface area (Å²) in [6.07, 6.45) is 0. The molecule has 0 unspecified atom stereocenters. The molecule has 2 aromatic rings. The first-order valence-electron chi connectivity index (χ1n) is 6.72. The van der Waals surface area contributed by atoms with Crippen molar-refractivity contribution in [3.63, 3.8) is 0 Å². The van der Waals surface area contributed by atoms with Gasteiger partial charge in [0.05, 0.1) is 9.80 Å². The number of esters is 1. The number of non-ortho nitro benzene ring substituents is 1. The highest BCUT2D eigenvalue weighted by Gasteiger charge is 2.14. The van der Waals surface area contributed by atoms with E-state index in [4.69, 9.17) is 4.74 Å². The molecule has 0 atom stereocenters. The molecule has 24 heavy (non-hydrogen) atoms. The third kappa shape index (κ3) is 4.71. The number of hydrogen-bond acceptors (Lipinski definition) is 7. The van der Waals surface area contributed by atoms with E-state index >= 15 is 0 Å². The number of ketones is 1. The highest BCUT2D eigenvalue weighted by Crippen LogP contribution is 2.13. The van der Waals surface area contributed by atoms with Crippen LogP contribution in [0.3, 0.4) is 0 Å². The lowest BCUT2D eigenvalue weighted by atomic mass is 10.2. The van der Waals surface area contributed by atoms with Gasteiger partial charge in [-0.15, -0.1) is 11.3 Å². The van der Waals surface area contributed by atoms with Gasteiger partial charge in [-0.1, -0.05) is 12.1 Å². The van der Waals surface area contributed by atoms with Crippen LogP contribution in [-0.2, 0) is 9.53 Å². The SMILES string of the molecule is O=C(CNC(=O)c1cccc([N+](=O)[O-])c1)OCC(=O)c1cccs1. The van der Waals surface area contributed by atoms with Crippen molar-refractivity contribution < 1.29 is 24.0 Å². The number of amides is 1. The number of hydrogen-bond donors (Lipinski definition) is 1. The van der Waals surface area contributed by atoms with E-state index in [1.807, 2.05) is 0 Å². The van der Waals surface area contributed by atoms with Crippen LogP contribution >= 0.6 is 11.3 Å². The zero-order chi connectivity index (χ0) is 17.5. The molecular weight excluding hydrogens is 336 g/mol. The van der Waals surface area contributed by atoms with Gasteiger partial charge in [-0.25, -0.2) is 0 Å². The van der Waals surface area contributed by atoms with E-state index in [-0.39, 0.29) is 17.0 Å². The quantitative estimate of drug-likeness (QED) is 0.353. The van der Waals surface area contributed by atoms with Gasteiger partial charge in [-0.3, -0.25) is 24.5 Å². The topological polar surface area (TPSA) is 116 Å². The van der Waals surface area contributed by atoms with Gasteiger partial charge in [0.25, 0.3) is 11.6 Å². The van der Waals surface area contributed by atoms with Gasteiger partial charge in [0.2, 0.25) is 5.78 Å². The standard InChI is InChI=1S/C15H12N2O6S/c18-12(13-5-2-6-24-13)9-23-14(19)8-16-15(20)10-3-1-4-11(7-10)17(21)22/h1-7H,8-9H2,(H,16,20). The molecule has 0 aliphatic carbocycles. The van der Waals surface area contributed by atoms with Crippen LogP contribution in [0.15, 0.2) is 41.8 Å². The minimum absolute atomic E-state index is 0.0478. The third-order valence-corrected chi connectivity index (χ3v) is 3.78. The number of Topliss-reactive ketones (excluding diaryl/α,β-unsaturated/α-hetero) is 1. The van der Waals surface area contributed by atoms with Crippen LogP contribution in [-0.4, -0.2) is 35.7 Å². The van der Waals surface area contributed by atoms with Gasteiger partial charge in [-0.2, -0.15) is 0 Å². The molecular formula is C15H12N2O6S. The average Bonchev–Trinajstić information content (AvgIpc) is 3.12. The summed E-state index contributed by atoms with van der Waals surface area (Å²) in [6, 6.07) is 8.42. The fourth-order valence-corrected chi connectivity index (χ4v) is 2.37. The van der Waals surface area contributed by atoms with Crippen LogP contribution in [0.5, 0.6) is 0 Å². The largest absolute Gasteiger partial charge is 0.456 e. The van der Waals surface area contributed by atoms with Crippen molar-refractivity contribution in [1.29, 1.82) is 0 Å². The van der Waals surface area contributed by atoms with Crippen molar-refractivity contribution in [2.75, 3.05) is 13.2 Å². The summed E-state index contributed by atoms with van der Waals surface area (Å²) in [7, 11) is 0. The fourth-order valence-electron chi connectivity index (χ4n) is 1.72. The summed E-state index contributed by atoms with van der Waals surface area (Å²) in [5.41, 5.74) is -0.182. The van der Waals surface area contributed by atoms with E-state index in [0.717, 1.165) is 6.07 Å². The van der Waals surface area contributed by atoms with Gasteiger partial charge in [0.1, 0.15) is 6.54 Å². The minimum atomic E-state index is -0.779. The van der Waals surface area contributed by atoms with Gasteiger partial charge >= 0.3 is 5.97 Å². The Hall–Kier alpha value is -3.07. The maximum Gasteiger partial charge on any atom is 0.325 e. The zero-order valence-corrected chi connectivity index (χ0v) is 13.1. The minimum Gasteiger partial charge on any atom is -0.456 e. The van der Waals surface area contributed by atoms with Crippen LogP contribution in [0.25, 0.3) is 0 Å². The molecule has 0 aliphatic heterocycles. The number of ether oxygens (including phenoxy) is 1. The lowest BCUT2D eigenvalue weighted by Gasteiger charge is -2.06. The molecule has 1 N–H and O–H groups in total. The first kappa shape index (κ1) is 17.3. The number of carbonyl (C=O) groups is 3. The Morgan fingerprint density at radius 1 is 1.21 bits per heavy atom. The van der Waals surface area contributed by atoms with E-state index in [0.29, 0.717) is 4.88 Å². The smallest absolute Gasteiger partial charge is 0.325 e. The summed E-state index contributed by atoms with van der Waals surface area (Å²) < 4.78 is 4.77. The Bertz CT molecular complexity index is 772. The van der Waals surface area contributed by atoms with Crippen molar-refractivity contribution in [3.8, 4) is 0 Å². The predicted octanol–water partition coefficient (Wildman–Crippen LogP) is 1.81. The molecule has 9 heteroatoms. The normalized spacial score (nSPS) is 10.0. The molecule has 8 nitrogen and oxygen atoms in total. The van der Waals surface area contributed by atoms with E-state index in [2.05, 4.69) is 5.32 Å². The molecule has 0 fully saturated rings. The maximum atomic E-state index is 11.8.